The molecule has 158 valence electrons. The van der Waals surface area contributed by atoms with E-state index in [1.165, 1.54) is 43.6 Å². The topological polar surface area (TPSA) is 51.4 Å². The van der Waals surface area contributed by atoms with Gasteiger partial charge in [-0.15, -0.1) is 0 Å². The molecule has 1 rings (SSSR count). The van der Waals surface area contributed by atoms with Crippen molar-refractivity contribution in [3.8, 4) is 0 Å². The van der Waals surface area contributed by atoms with E-state index in [9.17, 15) is 0 Å². The Kier molecular flexibility index (Phi) is 17.2. The highest BCUT2D eigenvalue weighted by Crippen LogP contribution is 2.07. The second-order valence-corrected chi connectivity index (χ2v) is 7.21. The van der Waals surface area contributed by atoms with Gasteiger partial charge in [0.25, 0.3) is 0 Å². The molecule has 0 aromatic carbocycles. The van der Waals surface area contributed by atoms with E-state index in [0.717, 1.165) is 65.4 Å². The lowest BCUT2D eigenvalue weighted by Gasteiger charge is -2.36. The first-order valence-electron chi connectivity index (χ1n) is 10.7. The third-order valence-corrected chi connectivity index (χ3v) is 5.76. The van der Waals surface area contributed by atoms with Gasteiger partial charge in [0.15, 0.2) is 0 Å². The fourth-order valence-electron chi connectivity index (χ4n) is 3.61. The van der Waals surface area contributed by atoms with Crippen molar-refractivity contribution in [2.75, 3.05) is 98.2 Å². The SMILES string of the molecule is CC[N+](CC)(CC)CCCN1CCNCCNCCNCCNCC1.[Cl-]. The second-order valence-electron chi connectivity index (χ2n) is 7.21. The molecular weight excluding hydrogens is 348 g/mol. The lowest BCUT2D eigenvalue weighted by atomic mass is 10.2. The van der Waals surface area contributed by atoms with Crippen molar-refractivity contribution < 1.29 is 16.9 Å². The zero-order chi connectivity index (χ0) is 18.2. The van der Waals surface area contributed by atoms with Crippen molar-refractivity contribution in [2.24, 2.45) is 0 Å². The summed E-state index contributed by atoms with van der Waals surface area (Å²) in [5.41, 5.74) is 0. The van der Waals surface area contributed by atoms with Crippen molar-refractivity contribution in [1.29, 1.82) is 0 Å². The maximum Gasteiger partial charge on any atom is 0.0798 e. The van der Waals surface area contributed by atoms with Crippen LogP contribution in [0.15, 0.2) is 0 Å². The van der Waals surface area contributed by atoms with Gasteiger partial charge in [0, 0.05) is 78.4 Å². The Morgan fingerprint density at radius 2 is 1.04 bits per heavy atom. The van der Waals surface area contributed by atoms with Crippen LogP contribution in [0.4, 0.5) is 0 Å². The van der Waals surface area contributed by atoms with Crippen LogP contribution >= 0.6 is 0 Å². The Hall–Kier alpha value is 0.0500. The molecule has 1 aliphatic rings. The van der Waals surface area contributed by atoms with Gasteiger partial charge >= 0.3 is 0 Å². The molecule has 0 aromatic rings. The summed E-state index contributed by atoms with van der Waals surface area (Å²) in [6.07, 6.45) is 1.30. The molecule has 1 aliphatic heterocycles. The molecule has 0 aliphatic carbocycles. The molecular formula is C19H45ClN6. The summed E-state index contributed by atoms with van der Waals surface area (Å²) in [7, 11) is 0. The predicted octanol–water partition coefficient (Wildman–Crippen LogP) is -3.07. The lowest BCUT2D eigenvalue weighted by Crippen LogP contribution is -3.00. The van der Waals surface area contributed by atoms with Crippen LogP contribution in [0, 0.1) is 0 Å². The first kappa shape index (κ1) is 26.1. The molecule has 1 fully saturated rings. The number of nitrogens with zero attached hydrogens (tertiary/aromatic N) is 2. The quantitative estimate of drug-likeness (QED) is 0.346. The minimum absolute atomic E-state index is 0. The van der Waals surface area contributed by atoms with Crippen molar-refractivity contribution in [3.05, 3.63) is 0 Å². The van der Waals surface area contributed by atoms with Gasteiger partial charge in [-0.2, -0.15) is 0 Å². The van der Waals surface area contributed by atoms with Gasteiger partial charge in [-0.1, -0.05) is 0 Å². The summed E-state index contributed by atoms with van der Waals surface area (Å²) < 4.78 is 1.27. The molecule has 0 unspecified atom stereocenters. The van der Waals surface area contributed by atoms with E-state index in [0.29, 0.717) is 0 Å². The fourth-order valence-corrected chi connectivity index (χ4v) is 3.61. The summed E-state index contributed by atoms with van der Waals surface area (Å²) in [4.78, 5) is 2.64. The second kappa shape index (κ2) is 17.2. The van der Waals surface area contributed by atoms with Crippen molar-refractivity contribution in [2.45, 2.75) is 27.2 Å². The van der Waals surface area contributed by atoms with Crippen LogP contribution in [0.5, 0.6) is 0 Å². The van der Waals surface area contributed by atoms with Gasteiger partial charge in [-0.05, 0) is 20.8 Å². The monoisotopic (exact) mass is 392 g/mol. The normalized spacial score (nSPS) is 20.0. The molecule has 6 nitrogen and oxygen atoms in total. The average molecular weight is 393 g/mol. The molecule has 4 N–H and O–H groups in total. The van der Waals surface area contributed by atoms with E-state index in [-0.39, 0.29) is 12.4 Å². The van der Waals surface area contributed by atoms with E-state index in [4.69, 9.17) is 0 Å². The maximum absolute atomic E-state index is 3.58. The fraction of sp³-hybridized carbons (Fsp3) is 1.00. The number of quaternary nitrogens is 1. The molecule has 0 aromatic heterocycles. The number of hydrogen-bond acceptors (Lipinski definition) is 5. The number of rotatable bonds is 7. The first-order valence-corrected chi connectivity index (χ1v) is 10.7. The molecule has 0 atom stereocenters. The summed E-state index contributed by atoms with van der Waals surface area (Å²) in [5, 5.41) is 14.1. The van der Waals surface area contributed by atoms with Crippen molar-refractivity contribution in [1.82, 2.24) is 26.2 Å². The Morgan fingerprint density at radius 1 is 0.654 bits per heavy atom. The molecule has 0 spiro atoms. The van der Waals surface area contributed by atoms with E-state index < -0.39 is 0 Å². The molecule has 26 heavy (non-hydrogen) atoms. The zero-order valence-electron chi connectivity index (χ0n) is 17.6. The lowest BCUT2D eigenvalue weighted by molar-refractivity contribution is -0.923. The highest BCUT2D eigenvalue weighted by molar-refractivity contribution is 4.65. The van der Waals surface area contributed by atoms with Gasteiger partial charge in [0.1, 0.15) is 0 Å². The minimum Gasteiger partial charge on any atom is -1.00 e. The largest absolute Gasteiger partial charge is 1.00 e. The standard InChI is InChI=1S/C19H45N6.ClH/c1-4-25(5-2,6-3)19-7-16-24-17-14-22-12-10-20-8-9-21-11-13-23-15-18-24;/h20-23H,4-19H2,1-3H3;1H/q+1;/p-1. The molecule has 0 radical (unpaired) electrons. The maximum atomic E-state index is 3.58. The smallest absolute Gasteiger partial charge is 0.0798 e. The summed E-state index contributed by atoms with van der Waals surface area (Å²) in [5.74, 6) is 0. The average Bonchev–Trinajstić information content (AvgIpc) is 2.65. The summed E-state index contributed by atoms with van der Waals surface area (Å²) in [6, 6.07) is 0. The zero-order valence-corrected chi connectivity index (χ0v) is 18.3. The van der Waals surface area contributed by atoms with Crippen LogP contribution < -0.4 is 33.7 Å². The molecule has 7 heteroatoms. The van der Waals surface area contributed by atoms with E-state index in [1.54, 1.807) is 0 Å². The van der Waals surface area contributed by atoms with E-state index >= 15 is 0 Å². The van der Waals surface area contributed by atoms with Gasteiger partial charge in [0.05, 0.1) is 26.2 Å². The number of nitrogens with one attached hydrogen (secondary N) is 4. The minimum atomic E-state index is 0. The van der Waals surface area contributed by atoms with Gasteiger partial charge in [-0.3, -0.25) is 0 Å². The Bertz CT molecular complexity index is 277. The molecule has 1 heterocycles. The number of hydrogen-bond donors (Lipinski definition) is 4. The van der Waals surface area contributed by atoms with Crippen LogP contribution in [-0.2, 0) is 0 Å². The molecule has 0 bridgehead atoms. The Morgan fingerprint density at radius 3 is 1.42 bits per heavy atom. The van der Waals surface area contributed by atoms with Gasteiger partial charge in [0.2, 0.25) is 0 Å². The van der Waals surface area contributed by atoms with E-state index in [1.807, 2.05) is 0 Å². The summed E-state index contributed by atoms with van der Waals surface area (Å²) in [6.45, 7) is 24.2. The third kappa shape index (κ3) is 11.7. The molecule has 0 amide bonds. The van der Waals surface area contributed by atoms with Crippen molar-refractivity contribution in [3.63, 3.8) is 0 Å². The van der Waals surface area contributed by atoms with Crippen LogP contribution in [0.25, 0.3) is 0 Å². The summed E-state index contributed by atoms with van der Waals surface area (Å²) >= 11 is 0. The van der Waals surface area contributed by atoms with Crippen LogP contribution in [0.3, 0.4) is 0 Å². The first-order chi connectivity index (χ1) is 12.3. The molecule has 0 saturated carbocycles. The van der Waals surface area contributed by atoms with Gasteiger partial charge < -0.3 is 43.1 Å². The van der Waals surface area contributed by atoms with Crippen LogP contribution in [0.2, 0.25) is 0 Å². The highest BCUT2D eigenvalue weighted by atomic mass is 35.5. The Balaban J connectivity index is 0.00000625. The Labute approximate surface area is 168 Å². The number of halogens is 1. The highest BCUT2D eigenvalue weighted by Gasteiger charge is 2.20. The van der Waals surface area contributed by atoms with Crippen LogP contribution in [-0.4, -0.2) is 108 Å². The van der Waals surface area contributed by atoms with Crippen molar-refractivity contribution >= 4 is 0 Å². The predicted molar refractivity (Wildman–Crippen MR) is 109 cm³/mol. The van der Waals surface area contributed by atoms with Gasteiger partial charge in [-0.25, -0.2) is 0 Å². The van der Waals surface area contributed by atoms with E-state index in [2.05, 4.69) is 46.9 Å². The third-order valence-electron chi connectivity index (χ3n) is 5.76. The van der Waals surface area contributed by atoms with Crippen LogP contribution in [0.1, 0.15) is 27.2 Å². The molecule has 1 saturated heterocycles.